The van der Waals surface area contributed by atoms with Crippen LogP contribution in [0, 0.1) is 19.8 Å². The molecule has 7 heteroatoms. The summed E-state index contributed by atoms with van der Waals surface area (Å²) in [5.41, 5.74) is 5.48. The highest BCUT2D eigenvalue weighted by Gasteiger charge is 2.35. The SMILES string of the molecule is CCC1CNC(=O)C1c1cc(C(=O)NCc2cnc(C)cn2)cc(-c2ccc(C)cn2)c1. The highest BCUT2D eigenvalue weighted by atomic mass is 16.2. The van der Waals surface area contributed by atoms with E-state index in [1.54, 1.807) is 18.6 Å². The summed E-state index contributed by atoms with van der Waals surface area (Å²) < 4.78 is 0. The second-order valence-corrected chi connectivity index (χ2v) is 8.29. The van der Waals surface area contributed by atoms with E-state index < -0.39 is 0 Å². The zero-order valence-corrected chi connectivity index (χ0v) is 18.6. The molecule has 1 aliphatic rings. The quantitative estimate of drug-likeness (QED) is 0.627. The summed E-state index contributed by atoms with van der Waals surface area (Å²) in [7, 11) is 0. The van der Waals surface area contributed by atoms with Gasteiger partial charge >= 0.3 is 0 Å². The Kier molecular flexibility index (Phi) is 6.25. The van der Waals surface area contributed by atoms with Crippen molar-refractivity contribution in [3.63, 3.8) is 0 Å². The lowest BCUT2D eigenvalue weighted by atomic mass is 9.85. The van der Waals surface area contributed by atoms with Crippen LogP contribution >= 0.6 is 0 Å². The fraction of sp³-hybridized carbons (Fsp3) is 0.320. The van der Waals surface area contributed by atoms with Gasteiger partial charge in [0.05, 0.1) is 35.7 Å². The maximum atomic E-state index is 13.0. The van der Waals surface area contributed by atoms with Gasteiger partial charge in [-0.05, 0) is 55.2 Å². The molecule has 0 saturated carbocycles. The van der Waals surface area contributed by atoms with E-state index in [0.29, 0.717) is 17.8 Å². The van der Waals surface area contributed by atoms with Crippen molar-refractivity contribution in [1.29, 1.82) is 0 Å². The van der Waals surface area contributed by atoms with Crippen LogP contribution in [0.25, 0.3) is 11.3 Å². The minimum Gasteiger partial charge on any atom is -0.355 e. The van der Waals surface area contributed by atoms with Crippen molar-refractivity contribution in [2.24, 2.45) is 5.92 Å². The second kappa shape index (κ2) is 9.26. The average molecular weight is 430 g/mol. The number of nitrogens with zero attached hydrogens (tertiary/aromatic N) is 3. The fourth-order valence-electron chi connectivity index (χ4n) is 4.01. The number of nitrogens with one attached hydrogen (secondary N) is 2. The van der Waals surface area contributed by atoms with Crippen LogP contribution in [0.2, 0.25) is 0 Å². The number of hydrogen-bond donors (Lipinski definition) is 2. The lowest BCUT2D eigenvalue weighted by molar-refractivity contribution is -0.120. The monoisotopic (exact) mass is 429 g/mol. The normalized spacial score (nSPS) is 17.8. The standard InChI is InChI=1S/C25H27N5O2/c1-4-17-12-29-25(32)23(17)19-7-18(22-6-5-15(2)10-28-22)8-20(9-19)24(31)30-14-21-13-26-16(3)11-27-21/h5-11,13,17,23H,4,12,14H2,1-3H3,(H,29,32)(H,30,31). The Bertz CT molecular complexity index is 1130. The zero-order valence-electron chi connectivity index (χ0n) is 18.6. The van der Waals surface area contributed by atoms with E-state index in [9.17, 15) is 9.59 Å². The molecule has 2 N–H and O–H groups in total. The number of amides is 2. The smallest absolute Gasteiger partial charge is 0.251 e. The molecule has 2 unspecified atom stereocenters. The second-order valence-electron chi connectivity index (χ2n) is 8.29. The number of aromatic nitrogens is 3. The molecule has 164 valence electrons. The summed E-state index contributed by atoms with van der Waals surface area (Å²) in [5, 5.41) is 5.88. The van der Waals surface area contributed by atoms with E-state index >= 15 is 0 Å². The summed E-state index contributed by atoms with van der Waals surface area (Å²) in [5.74, 6) is -0.302. The van der Waals surface area contributed by atoms with Crippen molar-refractivity contribution in [1.82, 2.24) is 25.6 Å². The molecule has 1 aromatic carbocycles. The van der Waals surface area contributed by atoms with E-state index in [1.165, 1.54) is 0 Å². The molecule has 2 aromatic heterocycles. The molecule has 32 heavy (non-hydrogen) atoms. The first-order valence-electron chi connectivity index (χ1n) is 10.9. The van der Waals surface area contributed by atoms with Crippen molar-refractivity contribution in [2.75, 3.05) is 6.54 Å². The third-order valence-corrected chi connectivity index (χ3v) is 5.86. The number of benzene rings is 1. The maximum Gasteiger partial charge on any atom is 0.251 e. The van der Waals surface area contributed by atoms with Crippen molar-refractivity contribution in [3.8, 4) is 11.3 Å². The van der Waals surface area contributed by atoms with Gasteiger partial charge in [-0.1, -0.05) is 19.4 Å². The van der Waals surface area contributed by atoms with Crippen molar-refractivity contribution in [3.05, 3.63) is 77.0 Å². The predicted octanol–water partition coefficient (Wildman–Crippen LogP) is 3.33. The molecule has 3 heterocycles. The van der Waals surface area contributed by atoms with Crippen molar-refractivity contribution < 1.29 is 9.59 Å². The molecule has 3 aromatic rings. The van der Waals surface area contributed by atoms with Gasteiger partial charge in [-0.3, -0.25) is 24.5 Å². The van der Waals surface area contributed by atoms with E-state index in [4.69, 9.17) is 0 Å². The third-order valence-electron chi connectivity index (χ3n) is 5.86. The van der Waals surface area contributed by atoms with Crippen LogP contribution in [-0.2, 0) is 11.3 Å². The van der Waals surface area contributed by atoms with E-state index in [-0.39, 0.29) is 30.2 Å². The van der Waals surface area contributed by atoms with E-state index in [0.717, 1.165) is 34.5 Å². The van der Waals surface area contributed by atoms with Crippen LogP contribution in [0.3, 0.4) is 0 Å². The van der Waals surface area contributed by atoms with Crippen LogP contribution < -0.4 is 10.6 Å². The molecule has 7 nitrogen and oxygen atoms in total. The zero-order chi connectivity index (χ0) is 22.7. The van der Waals surface area contributed by atoms with Gasteiger partial charge in [-0.25, -0.2) is 0 Å². The van der Waals surface area contributed by atoms with Crippen LogP contribution in [0.1, 0.15) is 52.1 Å². The van der Waals surface area contributed by atoms with E-state index in [1.807, 2.05) is 44.2 Å². The van der Waals surface area contributed by atoms with Gasteiger partial charge in [-0.2, -0.15) is 0 Å². The van der Waals surface area contributed by atoms with Crippen LogP contribution in [0.15, 0.2) is 48.9 Å². The Labute approximate surface area is 187 Å². The number of rotatable bonds is 6. The predicted molar refractivity (Wildman–Crippen MR) is 122 cm³/mol. The lowest BCUT2D eigenvalue weighted by Gasteiger charge is -2.18. The minimum atomic E-state index is -0.278. The Morgan fingerprint density at radius 1 is 1.09 bits per heavy atom. The third kappa shape index (κ3) is 4.66. The first-order valence-corrected chi connectivity index (χ1v) is 10.9. The maximum absolute atomic E-state index is 13.0. The van der Waals surface area contributed by atoms with Gasteiger partial charge in [0.1, 0.15) is 0 Å². The van der Waals surface area contributed by atoms with Gasteiger partial charge < -0.3 is 10.6 Å². The minimum absolute atomic E-state index is 0.00662. The fourth-order valence-corrected chi connectivity index (χ4v) is 4.01. The number of hydrogen-bond acceptors (Lipinski definition) is 5. The van der Waals surface area contributed by atoms with Gasteiger partial charge in [0, 0.05) is 30.1 Å². The Morgan fingerprint density at radius 3 is 2.62 bits per heavy atom. The summed E-state index contributed by atoms with van der Waals surface area (Å²) in [6, 6.07) is 9.56. The molecule has 1 aliphatic heterocycles. The molecular formula is C25H27N5O2. The summed E-state index contributed by atoms with van der Waals surface area (Å²) >= 11 is 0. The Balaban J connectivity index is 1.67. The van der Waals surface area contributed by atoms with E-state index in [2.05, 4.69) is 32.5 Å². The highest BCUT2D eigenvalue weighted by molar-refractivity contribution is 5.96. The summed E-state index contributed by atoms with van der Waals surface area (Å²) in [6.45, 7) is 6.86. The number of pyridine rings is 1. The number of carbonyl (C=O) groups excluding carboxylic acids is 2. The molecule has 0 radical (unpaired) electrons. The molecule has 1 saturated heterocycles. The Morgan fingerprint density at radius 2 is 1.94 bits per heavy atom. The Hall–Kier alpha value is -3.61. The van der Waals surface area contributed by atoms with Gasteiger partial charge in [-0.15, -0.1) is 0 Å². The average Bonchev–Trinajstić information content (AvgIpc) is 3.19. The van der Waals surface area contributed by atoms with Crippen LogP contribution in [0.5, 0.6) is 0 Å². The first kappa shape index (κ1) is 21.6. The molecule has 2 amide bonds. The van der Waals surface area contributed by atoms with Crippen molar-refractivity contribution >= 4 is 11.8 Å². The summed E-state index contributed by atoms with van der Waals surface area (Å²) in [6.07, 6.45) is 6.01. The largest absolute Gasteiger partial charge is 0.355 e. The highest BCUT2D eigenvalue weighted by Crippen LogP contribution is 2.34. The molecular weight excluding hydrogens is 402 g/mol. The number of carbonyl (C=O) groups is 2. The molecule has 4 rings (SSSR count). The topological polar surface area (TPSA) is 96.9 Å². The van der Waals surface area contributed by atoms with Gasteiger partial charge in [0.25, 0.3) is 5.91 Å². The van der Waals surface area contributed by atoms with Gasteiger partial charge in [0.2, 0.25) is 5.91 Å². The molecule has 2 atom stereocenters. The molecule has 0 aliphatic carbocycles. The number of aryl methyl sites for hydroxylation is 2. The summed E-state index contributed by atoms with van der Waals surface area (Å²) in [4.78, 5) is 38.7. The van der Waals surface area contributed by atoms with Crippen LogP contribution in [-0.4, -0.2) is 33.3 Å². The molecule has 0 spiro atoms. The molecule has 1 fully saturated rings. The van der Waals surface area contributed by atoms with Gasteiger partial charge in [0.15, 0.2) is 0 Å². The first-order chi connectivity index (χ1) is 15.4. The molecule has 0 bridgehead atoms. The lowest BCUT2D eigenvalue weighted by Crippen LogP contribution is -2.24. The van der Waals surface area contributed by atoms with Crippen LogP contribution in [0.4, 0.5) is 0 Å². The van der Waals surface area contributed by atoms with Crippen molar-refractivity contribution in [2.45, 2.75) is 39.7 Å².